The van der Waals surface area contributed by atoms with E-state index in [1.807, 2.05) is 13.0 Å². The van der Waals surface area contributed by atoms with E-state index in [0.717, 1.165) is 0 Å². The second kappa shape index (κ2) is 4.51. The summed E-state index contributed by atoms with van der Waals surface area (Å²) in [7, 11) is 0. The zero-order valence-corrected chi connectivity index (χ0v) is 6.91. The Balaban J connectivity index is 2.54. The number of benzene rings is 1. The van der Waals surface area contributed by atoms with E-state index in [2.05, 4.69) is 10.3 Å². The van der Waals surface area contributed by atoms with Crippen molar-refractivity contribution >= 4 is 5.97 Å². The smallest absolute Gasteiger partial charge is 0.356 e. The second-order valence-electron chi connectivity index (χ2n) is 2.25. The van der Waals surface area contributed by atoms with Gasteiger partial charge in [0.25, 0.3) is 0 Å². The Bertz CT molecular complexity index is 246. The first kappa shape index (κ1) is 8.74. The summed E-state index contributed by atoms with van der Waals surface area (Å²) in [6.07, 6.45) is 0. The molecular formula is C9H11NO2. The van der Waals surface area contributed by atoms with Crippen molar-refractivity contribution in [3.8, 4) is 0 Å². The topological polar surface area (TPSA) is 38.3 Å². The van der Waals surface area contributed by atoms with Crippen molar-refractivity contribution in [2.45, 2.75) is 6.92 Å². The van der Waals surface area contributed by atoms with Crippen molar-refractivity contribution in [3.05, 3.63) is 35.9 Å². The molecule has 0 aliphatic carbocycles. The van der Waals surface area contributed by atoms with Crippen LogP contribution < -0.4 is 5.48 Å². The molecule has 0 aromatic heterocycles. The van der Waals surface area contributed by atoms with Gasteiger partial charge in [0.15, 0.2) is 0 Å². The zero-order valence-electron chi connectivity index (χ0n) is 6.91. The van der Waals surface area contributed by atoms with Gasteiger partial charge < -0.3 is 4.84 Å². The number of carbonyl (C=O) groups is 1. The third-order valence-corrected chi connectivity index (χ3v) is 1.32. The first-order valence-corrected chi connectivity index (χ1v) is 3.83. The quantitative estimate of drug-likeness (QED) is 0.687. The molecule has 0 unspecified atom stereocenters. The molecule has 0 saturated carbocycles. The van der Waals surface area contributed by atoms with Gasteiger partial charge in [-0.1, -0.05) is 18.2 Å². The molecule has 0 aliphatic heterocycles. The predicted octanol–water partition coefficient (Wildman–Crippen LogP) is 1.37. The summed E-state index contributed by atoms with van der Waals surface area (Å²) in [4.78, 5) is 15.8. The Labute approximate surface area is 71.3 Å². The molecule has 1 N–H and O–H groups in total. The first-order valence-electron chi connectivity index (χ1n) is 3.83. The Morgan fingerprint density at radius 3 is 2.67 bits per heavy atom. The molecule has 0 aliphatic rings. The van der Waals surface area contributed by atoms with E-state index in [1.54, 1.807) is 24.3 Å². The number of rotatable bonds is 3. The third-order valence-electron chi connectivity index (χ3n) is 1.32. The van der Waals surface area contributed by atoms with Crippen LogP contribution in [0.4, 0.5) is 0 Å². The molecule has 0 saturated heterocycles. The van der Waals surface area contributed by atoms with Crippen LogP contribution in [-0.4, -0.2) is 12.5 Å². The first-order chi connectivity index (χ1) is 5.84. The molecule has 0 radical (unpaired) electrons. The van der Waals surface area contributed by atoms with E-state index in [0.29, 0.717) is 12.1 Å². The summed E-state index contributed by atoms with van der Waals surface area (Å²) in [5.74, 6) is -0.350. The highest BCUT2D eigenvalue weighted by Gasteiger charge is 2.03. The van der Waals surface area contributed by atoms with Crippen LogP contribution in [0.1, 0.15) is 17.3 Å². The van der Waals surface area contributed by atoms with Crippen molar-refractivity contribution in [2.75, 3.05) is 6.54 Å². The van der Waals surface area contributed by atoms with Crippen LogP contribution in [0.2, 0.25) is 0 Å². The van der Waals surface area contributed by atoms with Crippen LogP contribution in [-0.2, 0) is 4.84 Å². The molecule has 12 heavy (non-hydrogen) atoms. The van der Waals surface area contributed by atoms with Crippen molar-refractivity contribution in [1.29, 1.82) is 0 Å². The summed E-state index contributed by atoms with van der Waals surface area (Å²) in [6.45, 7) is 2.47. The number of nitrogens with one attached hydrogen (secondary N) is 1. The molecule has 0 heterocycles. The maximum absolute atomic E-state index is 11.1. The monoisotopic (exact) mass is 165 g/mol. The molecular weight excluding hydrogens is 154 g/mol. The lowest BCUT2D eigenvalue weighted by atomic mass is 10.2. The molecule has 64 valence electrons. The molecule has 0 amide bonds. The third kappa shape index (κ3) is 2.36. The molecule has 3 heteroatoms. The van der Waals surface area contributed by atoms with Crippen molar-refractivity contribution in [3.63, 3.8) is 0 Å². The van der Waals surface area contributed by atoms with Crippen LogP contribution >= 0.6 is 0 Å². The van der Waals surface area contributed by atoms with Crippen LogP contribution in [0.25, 0.3) is 0 Å². The van der Waals surface area contributed by atoms with Crippen molar-refractivity contribution in [1.82, 2.24) is 5.48 Å². The highest BCUT2D eigenvalue weighted by Crippen LogP contribution is 1.99. The Hall–Kier alpha value is -1.35. The number of hydrogen-bond donors (Lipinski definition) is 1. The van der Waals surface area contributed by atoms with E-state index >= 15 is 0 Å². The van der Waals surface area contributed by atoms with E-state index in [9.17, 15) is 4.79 Å². The molecule has 1 aromatic rings. The van der Waals surface area contributed by atoms with Crippen LogP contribution in [0.3, 0.4) is 0 Å². The summed E-state index contributed by atoms with van der Waals surface area (Å²) in [5.41, 5.74) is 3.05. The maximum Gasteiger partial charge on any atom is 0.356 e. The lowest BCUT2D eigenvalue weighted by molar-refractivity contribution is 0.0266. The van der Waals surface area contributed by atoms with Gasteiger partial charge in [0, 0.05) is 6.54 Å². The Morgan fingerprint density at radius 1 is 1.42 bits per heavy atom. The van der Waals surface area contributed by atoms with Gasteiger partial charge in [0.2, 0.25) is 0 Å². The van der Waals surface area contributed by atoms with Gasteiger partial charge in [-0.15, -0.1) is 0 Å². The second-order valence-corrected chi connectivity index (χ2v) is 2.25. The largest absolute Gasteiger partial charge is 0.367 e. The Kier molecular flexibility index (Phi) is 3.29. The molecule has 3 nitrogen and oxygen atoms in total. The standard InChI is InChI=1S/C9H11NO2/c1-2-10-12-9(11)8-6-4-3-5-7-8/h3-7,10H,2H2,1H3. The summed E-state index contributed by atoms with van der Waals surface area (Å²) in [6, 6.07) is 8.86. The van der Waals surface area contributed by atoms with Gasteiger partial charge >= 0.3 is 5.97 Å². The van der Waals surface area contributed by atoms with Gasteiger partial charge in [0.1, 0.15) is 0 Å². The highest BCUT2D eigenvalue weighted by atomic mass is 16.7. The Morgan fingerprint density at radius 2 is 2.08 bits per heavy atom. The van der Waals surface area contributed by atoms with Gasteiger partial charge in [-0.05, 0) is 19.1 Å². The number of carbonyl (C=O) groups excluding carboxylic acids is 1. The molecule has 1 aromatic carbocycles. The zero-order chi connectivity index (χ0) is 8.81. The fourth-order valence-electron chi connectivity index (χ4n) is 0.771. The molecule has 0 fully saturated rings. The minimum atomic E-state index is -0.350. The van der Waals surface area contributed by atoms with Gasteiger partial charge in [-0.25, -0.2) is 4.79 Å². The molecule has 0 bridgehead atoms. The van der Waals surface area contributed by atoms with E-state index < -0.39 is 0 Å². The lowest BCUT2D eigenvalue weighted by Gasteiger charge is -2.01. The molecule has 1 rings (SSSR count). The van der Waals surface area contributed by atoms with E-state index in [1.165, 1.54) is 0 Å². The summed E-state index contributed by atoms with van der Waals surface area (Å²) < 4.78 is 0. The number of hydrogen-bond acceptors (Lipinski definition) is 3. The minimum Gasteiger partial charge on any atom is -0.367 e. The van der Waals surface area contributed by atoms with Gasteiger partial charge in [-0.3, -0.25) is 0 Å². The lowest BCUT2D eigenvalue weighted by Crippen LogP contribution is -2.19. The van der Waals surface area contributed by atoms with Crippen LogP contribution in [0.5, 0.6) is 0 Å². The molecule has 0 spiro atoms. The minimum absolute atomic E-state index is 0.350. The normalized spacial score (nSPS) is 9.42. The summed E-state index contributed by atoms with van der Waals surface area (Å²) >= 11 is 0. The molecule has 0 atom stereocenters. The van der Waals surface area contributed by atoms with Crippen molar-refractivity contribution < 1.29 is 9.63 Å². The number of hydroxylamine groups is 1. The SMILES string of the molecule is CCNOC(=O)c1ccccc1. The van der Waals surface area contributed by atoms with Crippen molar-refractivity contribution in [2.24, 2.45) is 0 Å². The van der Waals surface area contributed by atoms with E-state index in [-0.39, 0.29) is 5.97 Å². The average molecular weight is 165 g/mol. The van der Waals surface area contributed by atoms with Gasteiger partial charge in [-0.2, -0.15) is 5.48 Å². The van der Waals surface area contributed by atoms with E-state index in [4.69, 9.17) is 0 Å². The fraction of sp³-hybridized carbons (Fsp3) is 0.222. The average Bonchev–Trinajstić information content (AvgIpc) is 2.15. The maximum atomic E-state index is 11.1. The fourth-order valence-corrected chi connectivity index (χ4v) is 0.771. The van der Waals surface area contributed by atoms with Gasteiger partial charge in [0.05, 0.1) is 5.56 Å². The highest BCUT2D eigenvalue weighted by molar-refractivity contribution is 5.89. The van der Waals surface area contributed by atoms with Crippen LogP contribution in [0, 0.1) is 0 Å². The van der Waals surface area contributed by atoms with Crippen LogP contribution in [0.15, 0.2) is 30.3 Å². The summed E-state index contributed by atoms with van der Waals surface area (Å²) in [5, 5.41) is 0. The predicted molar refractivity (Wildman–Crippen MR) is 45.5 cm³/mol.